The quantitative estimate of drug-likeness (QED) is 0.769. The highest BCUT2D eigenvalue weighted by Gasteiger charge is 2.10. The van der Waals surface area contributed by atoms with Crippen molar-refractivity contribution in [2.75, 3.05) is 17.2 Å². The summed E-state index contributed by atoms with van der Waals surface area (Å²) < 4.78 is 1.00. The molecular weight excluding hydrogens is 391 g/mol. The van der Waals surface area contributed by atoms with E-state index in [1.807, 2.05) is 13.0 Å². The van der Waals surface area contributed by atoms with Crippen molar-refractivity contribution in [2.45, 2.75) is 6.92 Å². The first-order valence-electron chi connectivity index (χ1n) is 5.94. The second-order valence-electron chi connectivity index (χ2n) is 3.91. The van der Waals surface area contributed by atoms with Crippen LogP contribution in [0.15, 0.2) is 30.3 Å². The lowest BCUT2D eigenvalue weighted by molar-refractivity contribution is 0.102. The van der Waals surface area contributed by atoms with Gasteiger partial charge in [0, 0.05) is 10.1 Å². The Morgan fingerprint density at radius 1 is 1.30 bits per heavy atom. The number of anilines is 2. The third-order valence-electron chi connectivity index (χ3n) is 2.43. The smallest absolute Gasteiger partial charge is 0.276 e. The fourth-order valence-electron chi connectivity index (χ4n) is 1.51. The highest BCUT2D eigenvalue weighted by molar-refractivity contribution is 14.1. The summed E-state index contributed by atoms with van der Waals surface area (Å²) in [6.07, 6.45) is 0. The lowest BCUT2D eigenvalue weighted by atomic mass is 10.3. The lowest BCUT2D eigenvalue weighted by Gasteiger charge is -2.07. The molecule has 104 valence electrons. The molecule has 0 aliphatic heterocycles. The molecule has 0 fully saturated rings. The van der Waals surface area contributed by atoms with Crippen LogP contribution >= 0.6 is 34.2 Å². The van der Waals surface area contributed by atoms with Crippen molar-refractivity contribution in [1.29, 1.82) is 0 Å². The van der Waals surface area contributed by atoms with E-state index in [0.29, 0.717) is 16.5 Å². The second kappa shape index (κ2) is 6.85. The van der Waals surface area contributed by atoms with Crippen LogP contribution in [0.5, 0.6) is 0 Å². The Kier molecular flexibility index (Phi) is 5.13. The van der Waals surface area contributed by atoms with Gasteiger partial charge < -0.3 is 10.6 Å². The zero-order valence-corrected chi connectivity index (χ0v) is 13.6. The minimum absolute atomic E-state index is 0.237. The van der Waals surface area contributed by atoms with Gasteiger partial charge >= 0.3 is 0 Å². The van der Waals surface area contributed by atoms with Crippen molar-refractivity contribution in [3.8, 4) is 0 Å². The molecule has 0 saturated heterocycles. The van der Waals surface area contributed by atoms with Crippen LogP contribution in [0.2, 0.25) is 5.02 Å². The molecule has 2 N–H and O–H groups in total. The van der Waals surface area contributed by atoms with Crippen LogP contribution in [0.1, 0.15) is 17.4 Å². The fourth-order valence-corrected chi connectivity index (χ4v) is 2.41. The highest BCUT2D eigenvalue weighted by Crippen LogP contribution is 2.24. The van der Waals surface area contributed by atoms with Gasteiger partial charge in [-0.05, 0) is 59.8 Å². The molecular formula is C13H12ClIN4O. The summed E-state index contributed by atoms with van der Waals surface area (Å²) in [5, 5.41) is 14.0. The van der Waals surface area contributed by atoms with E-state index in [-0.39, 0.29) is 11.6 Å². The van der Waals surface area contributed by atoms with E-state index < -0.39 is 0 Å². The first kappa shape index (κ1) is 15.0. The van der Waals surface area contributed by atoms with E-state index in [1.165, 1.54) is 0 Å². The van der Waals surface area contributed by atoms with Gasteiger partial charge in [0.15, 0.2) is 5.69 Å². The molecule has 0 unspecified atom stereocenters. The SMILES string of the molecule is CCNc1ccc(C(=O)Nc2ccc(I)cc2Cl)nn1. The van der Waals surface area contributed by atoms with Gasteiger partial charge in [0.1, 0.15) is 5.82 Å². The van der Waals surface area contributed by atoms with Gasteiger partial charge in [-0.2, -0.15) is 0 Å². The van der Waals surface area contributed by atoms with Crippen LogP contribution in [0, 0.1) is 3.57 Å². The number of carbonyl (C=O) groups excluding carboxylic acids is 1. The maximum Gasteiger partial charge on any atom is 0.276 e. The Morgan fingerprint density at radius 2 is 2.10 bits per heavy atom. The average Bonchev–Trinajstić information content (AvgIpc) is 2.43. The van der Waals surface area contributed by atoms with Crippen LogP contribution in [0.3, 0.4) is 0 Å². The van der Waals surface area contributed by atoms with Gasteiger partial charge in [-0.3, -0.25) is 4.79 Å². The molecule has 1 amide bonds. The third kappa shape index (κ3) is 3.80. The van der Waals surface area contributed by atoms with Gasteiger partial charge in [-0.15, -0.1) is 10.2 Å². The topological polar surface area (TPSA) is 66.9 Å². The molecule has 7 heteroatoms. The summed E-state index contributed by atoms with van der Waals surface area (Å²) in [5.74, 6) is 0.292. The van der Waals surface area contributed by atoms with Crippen LogP contribution in [0.25, 0.3) is 0 Å². The Hall–Kier alpha value is -1.41. The Morgan fingerprint density at radius 3 is 2.70 bits per heavy atom. The van der Waals surface area contributed by atoms with E-state index in [9.17, 15) is 4.79 Å². The van der Waals surface area contributed by atoms with E-state index in [4.69, 9.17) is 11.6 Å². The van der Waals surface area contributed by atoms with Crippen LogP contribution in [-0.2, 0) is 0 Å². The Balaban J connectivity index is 2.11. The van der Waals surface area contributed by atoms with Crippen molar-refractivity contribution >= 4 is 51.6 Å². The predicted molar refractivity (Wildman–Crippen MR) is 88.3 cm³/mol. The number of rotatable bonds is 4. The number of hydrogen-bond acceptors (Lipinski definition) is 4. The standard InChI is InChI=1S/C13H12ClIN4O/c1-2-16-12-6-5-11(18-19-12)13(20)17-10-4-3-8(15)7-9(10)14/h3-7H,2H2,1H3,(H,16,19)(H,17,20). The highest BCUT2D eigenvalue weighted by atomic mass is 127. The average molecular weight is 403 g/mol. The number of nitrogens with zero attached hydrogens (tertiary/aromatic N) is 2. The van der Waals surface area contributed by atoms with Crippen molar-refractivity contribution < 1.29 is 4.79 Å². The van der Waals surface area contributed by atoms with Crippen molar-refractivity contribution in [2.24, 2.45) is 0 Å². The number of halogens is 2. The van der Waals surface area contributed by atoms with Crippen LogP contribution in [0.4, 0.5) is 11.5 Å². The normalized spacial score (nSPS) is 10.2. The minimum Gasteiger partial charge on any atom is -0.369 e. The number of carbonyl (C=O) groups is 1. The first-order valence-corrected chi connectivity index (χ1v) is 7.40. The molecule has 0 atom stereocenters. The first-order chi connectivity index (χ1) is 9.60. The largest absolute Gasteiger partial charge is 0.369 e. The summed E-state index contributed by atoms with van der Waals surface area (Å²) in [7, 11) is 0. The predicted octanol–water partition coefficient (Wildman–Crippen LogP) is 3.42. The van der Waals surface area contributed by atoms with Crippen molar-refractivity contribution in [1.82, 2.24) is 10.2 Å². The van der Waals surface area contributed by atoms with Gasteiger partial charge in [0.05, 0.1) is 10.7 Å². The molecule has 1 aromatic heterocycles. The summed E-state index contributed by atoms with van der Waals surface area (Å²) in [5.41, 5.74) is 0.788. The van der Waals surface area contributed by atoms with Crippen LogP contribution in [-0.4, -0.2) is 22.6 Å². The molecule has 0 aliphatic carbocycles. The molecule has 1 heterocycles. The van der Waals surface area contributed by atoms with Gasteiger partial charge in [0.2, 0.25) is 0 Å². The van der Waals surface area contributed by atoms with Gasteiger partial charge in [-0.1, -0.05) is 11.6 Å². The molecule has 1 aromatic carbocycles. The van der Waals surface area contributed by atoms with Gasteiger partial charge in [0.25, 0.3) is 5.91 Å². The van der Waals surface area contributed by atoms with E-state index in [2.05, 4.69) is 43.4 Å². The maximum atomic E-state index is 12.0. The zero-order valence-electron chi connectivity index (χ0n) is 10.7. The number of benzene rings is 1. The lowest BCUT2D eigenvalue weighted by Crippen LogP contribution is -2.15. The maximum absolute atomic E-state index is 12.0. The number of nitrogens with one attached hydrogen (secondary N) is 2. The van der Waals surface area contributed by atoms with E-state index in [0.717, 1.165) is 10.1 Å². The number of hydrogen-bond donors (Lipinski definition) is 2. The third-order valence-corrected chi connectivity index (χ3v) is 3.42. The minimum atomic E-state index is -0.344. The molecule has 0 radical (unpaired) electrons. The summed E-state index contributed by atoms with van der Waals surface area (Å²) in [6, 6.07) is 8.71. The molecule has 2 aromatic rings. The summed E-state index contributed by atoms with van der Waals surface area (Å²) in [4.78, 5) is 12.0. The monoisotopic (exact) mass is 402 g/mol. The number of amides is 1. The second-order valence-corrected chi connectivity index (χ2v) is 5.57. The fraction of sp³-hybridized carbons (Fsp3) is 0.154. The summed E-state index contributed by atoms with van der Waals surface area (Å²) >= 11 is 8.21. The van der Waals surface area contributed by atoms with E-state index >= 15 is 0 Å². The van der Waals surface area contributed by atoms with Crippen LogP contribution < -0.4 is 10.6 Å². The van der Waals surface area contributed by atoms with Crippen molar-refractivity contribution in [3.63, 3.8) is 0 Å². The van der Waals surface area contributed by atoms with E-state index in [1.54, 1.807) is 24.3 Å². The molecule has 20 heavy (non-hydrogen) atoms. The molecule has 2 rings (SSSR count). The Labute approximate surface area is 135 Å². The molecule has 0 aliphatic rings. The zero-order chi connectivity index (χ0) is 14.5. The number of aromatic nitrogens is 2. The molecule has 0 bridgehead atoms. The molecule has 0 saturated carbocycles. The summed E-state index contributed by atoms with van der Waals surface area (Å²) in [6.45, 7) is 2.71. The molecule has 5 nitrogen and oxygen atoms in total. The van der Waals surface area contributed by atoms with Crippen molar-refractivity contribution in [3.05, 3.63) is 44.6 Å². The molecule has 0 spiro atoms. The van der Waals surface area contributed by atoms with Gasteiger partial charge in [-0.25, -0.2) is 0 Å². The Bertz CT molecular complexity index is 618.